The lowest BCUT2D eigenvalue weighted by Gasteiger charge is -2.20. The summed E-state index contributed by atoms with van der Waals surface area (Å²) in [5.74, 6) is -2.02. The van der Waals surface area contributed by atoms with Crippen molar-refractivity contribution in [3.05, 3.63) is 93.1 Å². The molecule has 1 atom stereocenters. The fourth-order valence-electron chi connectivity index (χ4n) is 4.28. The van der Waals surface area contributed by atoms with Gasteiger partial charge >= 0.3 is 6.01 Å². The van der Waals surface area contributed by atoms with Crippen LogP contribution in [0.2, 0.25) is 0 Å². The normalized spacial score (nSPS) is 12.1. The number of aryl methyl sites for hydroxylation is 1. The van der Waals surface area contributed by atoms with Crippen LogP contribution >= 0.6 is 0 Å². The molecule has 2 aromatic heterocycles. The number of hydrogen-bond acceptors (Lipinski definition) is 7. The first kappa shape index (κ1) is 23.2. The van der Waals surface area contributed by atoms with E-state index in [1.54, 1.807) is 13.0 Å². The van der Waals surface area contributed by atoms with E-state index in [9.17, 15) is 13.6 Å². The number of halogens is 2. The summed E-state index contributed by atoms with van der Waals surface area (Å²) in [7, 11) is 0. The Morgan fingerprint density at radius 1 is 1.00 bits per heavy atom. The second kappa shape index (κ2) is 8.92. The van der Waals surface area contributed by atoms with Gasteiger partial charge in [-0.1, -0.05) is 41.5 Å². The Bertz CT molecular complexity index is 1660. The van der Waals surface area contributed by atoms with Crippen LogP contribution in [-0.4, -0.2) is 10.2 Å². The fraction of sp³-hybridized carbons (Fsp3) is 0.148. The molecule has 1 unspecified atom stereocenters. The third kappa shape index (κ3) is 3.98. The van der Waals surface area contributed by atoms with Crippen LogP contribution < -0.4 is 16.5 Å². The van der Waals surface area contributed by atoms with Crippen molar-refractivity contribution in [1.29, 1.82) is 0 Å². The Morgan fingerprint density at radius 2 is 1.75 bits per heavy atom. The number of aromatic nitrogens is 2. The van der Waals surface area contributed by atoms with E-state index in [1.807, 2.05) is 50.2 Å². The average molecular weight is 488 g/mol. The summed E-state index contributed by atoms with van der Waals surface area (Å²) < 4.78 is 40.4. The average Bonchev–Trinajstić information content (AvgIpc) is 3.29. The molecule has 0 bridgehead atoms. The number of hydrogen-bond donors (Lipinski definition) is 2. The summed E-state index contributed by atoms with van der Waals surface area (Å²) in [5.41, 5.74) is 8.52. The Kier molecular flexibility index (Phi) is 5.75. The molecule has 0 saturated heterocycles. The fourth-order valence-corrected chi connectivity index (χ4v) is 4.28. The minimum Gasteiger partial charge on any atom is -0.455 e. The number of nitrogens with one attached hydrogen (secondary N) is 1. The zero-order valence-corrected chi connectivity index (χ0v) is 19.7. The number of nitrogens with zero attached hydrogens (tertiary/aromatic N) is 2. The van der Waals surface area contributed by atoms with Crippen LogP contribution in [0.4, 0.5) is 20.5 Å². The first-order valence-electron chi connectivity index (χ1n) is 11.2. The van der Waals surface area contributed by atoms with Gasteiger partial charge in [0.15, 0.2) is 17.1 Å². The number of rotatable bonds is 5. The highest BCUT2D eigenvalue weighted by atomic mass is 19.2. The highest BCUT2D eigenvalue weighted by molar-refractivity contribution is 5.85. The monoisotopic (exact) mass is 488 g/mol. The second-order valence-electron chi connectivity index (χ2n) is 8.58. The van der Waals surface area contributed by atoms with Gasteiger partial charge in [-0.25, -0.2) is 8.78 Å². The molecule has 0 aliphatic heterocycles. The predicted octanol–water partition coefficient (Wildman–Crippen LogP) is 6.16. The van der Waals surface area contributed by atoms with Crippen molar-refractivity contribution in [2.75, 3.05) is 11.1 Å². The van der Waals surface area contributed by atoms with Crippen molar-refractivity contribution >= 4 is 22.7 Å². The number of anilines is 2. The molecule has 9 heteroatoms. The van der Waals surface area contributed by atoms with Crippen LogP contribution in [0.1, 0.15) is 29.7 Å². The minimum atomic E-state index is -1.15. The Morgan fingerprint density at radius 3 is 2.44 bits per heavy atom. The zero-order chi connectivity index (χ0) is 25.6. The van der Waals surface area contributed by atoms with E-state index in [1.165, 1.54) is 6.07 Å². The summed E-state index contributed by atoms with van der Waals surface area (Å²) in [5, 5.41) is 10.9. The lowest BCUT2D eigenvalue weighted by atomic mass is 9.98. The van der Waals surface area contributed by atoms with Crippen molar-refractivity contribution in [2.24, 2.45) is 0 Å². The van der Waals surface area contributed by atoms with Gasteiger partial charge in [0.2, 0.25) is 0 Å². The van der Waals surface area contributed by atoms with Crippen LogP contribution in [-0.2, 0) is 0 Å². The van der Waals surface area contributed by atoms with Crippen molar-refractivity contribution in [3.8, 4) is 22.8 Å². The molecular weight excluding hydrogens is 466 g/mol. The van der Waals surface area contributed by atoms with E-state index in [-0.39, 0.29) is 28.6 Å². The maximum atomic E-state index is 14.8. The molecule has 0 amide bonds. The van der Waals surface area contributed by atoms with Gasteiger partial charge in [-0.15, -0.1) is 5.10 Å². The van der Waals surface area contributed by atoms with Crippen LogP contribution in [0.25, 0.3) is 33.7 Å². The van der Waals surface area contributed by atoms with Gasteiger partial charge < -0.3 is 19.9 Å². The quantitative estimate of drug-likeness (QED) is 0.305. The van der Waals surface area contributed by atoms with Gasteiger partial charge in [-0.3, -0.25) is 4.79 Å². The SMILES string of the molecule is Cc1cc(C(C)Nc2ccc(F)c(F)c2-c2nnc(N)o2)c2oc(-c3ccccc3)c(C)c(=O)c2c1. The molecular formula is C27H22F2N4O3. The number of benzene rings is 3. The highest BCUT2D eigenvalue weighted by Gasteiger charge is 2.24. The van der Waals surface area contributed by atoms with E-state index in [0.29, 0.717) is 27.9 Å². The van der Waals surface area contributed by atoms with E-state index >= 15 is 0 Å². The number of nitrogens with two attached hydrogens (primary N) is 1. The third-order valence-electron chi connectivity index (χ3n) is 6.02. The van der Waals surface area contributed by atoms with E-state index in [2.05, 4.69) is 15.5 Å². The van der Waals surface area contributed by atoms with Gasteiger partial charge in [0.05, 0.1) is 17.1 Å². The third-order valence-corrected chi connectivity index (χ3v) is 6.02. The maximum absolute atomic E-state index is 14.8. The smallest absolute Gasteiger partial charge is 0.313 e. The lowest BCUT2D eigenvalue weighted by Crippen LogP contribution is -2.13. The van der Waals surface area contributed by atoms with E-state index in [0.717, 1.165) is 17.2 Å². The topological polar surface area (TPSA) is 107 Å². The van der Waals surface area contributed by atoms with Crippen LogP contribution in [0, 0.1) is 25.5 Å². The summed E-state index contributed by atoms with van der Waals surface area (Å²) >= 11 is 0. The van der Waals surface area contributed by atoms with E-state index < -0.39 is 17.7 Å². The van der Waals surface area contributed by atoms with Gasteiger partial charge in [-0.2, -0.15) is 0 Å². The van der Waals surface area contributed by atoms with Gasteiger partial charge in [0.1, 0.15) is 16.9 Å². The maximum Gasteiger partial charge on any atom is 0.313 e. The minimum absolute atomic E-state index is 0.137. The van der Waals surface area contributed by atoms with Crippen LogP contribution in [0.15, 0.2) is 68.2 Å². The van der Waals surface area contributed by atoms with Gasteiger partial charge in [0, 0.05) is 16.7 Å². The molecule has 0 spiro atoms. The number of nitrogen functional groups attached to an aromatic ring is 1. The molecule has 7 nitrogen and oxygen atoms in total. The van der Waals surface area contributed by atoms with Crippen molar-refractivity contribution < 1.29 is 17.6 Å². The van der Waals surface area contributed by atoms with Gasteiger partial charge in [-0.05, 0) is 44.5 Å². The second-order valence-corrected chi connectivity index (χ2v) is 8.58. The molecule has 0 saturated carbocycles. The van der Waals surface area contributed by atoms with Crippen LogP contribution in [0.3, 0.4) is 0 Å². The van der Waals surface area contributed by atoms with Crippen molar-refractivity contribution in [2.45, 2.75) is 26.8 Å². The summed E-state index contributed by atoms with van der Waals surface area (Å²) in [6.45, 7) is 5.43. The highest BCUT2D eigenvalue weighted by Crippen LogP contribution is 2.36. The molecule has 5 rings (SSSR count). The van der Waals surface area contributed by atoms with Crippen molar-refractivity contribution in [1.82, 2.24) is 10.2 Å². The molecule has 3 N–H and O–H groups in total. The molecule has 0 aliphatic carbocycles. The molecule has 182 valence electrons. The van der Waals surface area contributed by atoms with Crippen LogP contribution in [0.5, 0.6) is 0 Å². The molecule has 5 aromatic rings. The standard InChI is InChI=1S/C27H22F2N4O3/c1-13-11-17(25-18(12-13)23(34)14(2)24(35-25)16-7-5-4-6-8-16)15(3)31-20-10-9-19(28)22(29)21(20)26-32-33-27(30)36-26/h4-12,15,31H,1-3H3,(H2,30,33). The summed E-state index contributed by atoms with van der Waals surface area (Å²) in [6, 6.07) is 14.6. The first-order valence-corrected chi connectivity index (χ1v) is 11.2. The molecule has 0 aliphatic rings. The molecule has 0 fully saturated rings. The summed E-state index contributed by atoms with van der Waals surface area (Å²) in [6.07, 6.45) is 0. The predicted molar refractivity (Wildman–Crippen MR) is 133 cm³/mol. The van der Waals surface area contributed by atoms with Crippen molar-refractivity contribution in [3.63, 3.8) is 0 Å². The Balaban J connectivity index is 1.66. The molecule has 36 heavy (non-hydrogen) atoms. The van der Waals surface area contributed by atoms with Gasteiger partial charge in [0.25, 0.3) is 5.89 Å². The molecule has 2 heterocycles. The lowest BCUT2D eigenvalue weighted by molar-refractivity contribution is 0.504. The zero-order valence-electron chi connectivity index (χ0n) is 19.7. The molecule has 0 radical (unpaired) electrons. The Hall–Kier alpha value is -4.53. The van der Waals surface area contributed by atoms with E-state index in [4.69, 9.17) is 14.6 Å². The number of fused-ring (bicyclic) bond motifs is 1. The summed E-state index contributed by atoms with van der Waals surface area (Å²) in [4.78, 5) is 13.3. The Labute approximate surface area is 204 Å². The molecule has 3 aromatic carbocycles. The first-order chi connectivity index (χ1) is 17.2. The largest absolute Gasteiger partial charge is 0.455 e.